The first-order valence-corrected chi connectivity index (χ1v) is 6.54. The number of fused-ring (bicyclic) bond motifs is 1. The first-order chi connectivity index (χ1) is 8.54. The second-order valence-electron chi connectivity index (χ2n) is 3.50. The normalized spacial score (nSPS) is 12.6. The summed E-state index contributed by atoms with van der Waals surface area (Å²) in [5.74, 6) is -0.644. The third kappa shape index (κ3) is 2.22. The maximum atomic E-state index is 11.6. The van der Waals surface area contributed by atoms with E-state index in [-0.39, 0.29) is 10.6 Å². The van der Waals surface area contributed by atoms with Gasteiger partial charge in [0.1, 0.15) is 11.0 Å². The Morgan fingerprint density at radius 3 is 2.83 bits per heavy atom. The lowest BCUT2D eigenvalue weighted by molar-refractivity contribution is 0.100. The van der Waals surface area contributed by atoms with Crippen molar-refractivity contribution in [3.63, 3.8) is 0 Å². The fourth-order valence-corrected chi connectivity index (χ4v) is 2.49. The lowest BCUT2D eigenvalue weighted by Crippen LogP contribution is -2.12. The zero-order valence-electron chi connectivity index (χ0n) is 9.44. The van der Waals surface area contributed by atoms with Crippen molar-refractivity contribution in [2.75, 3.05) is 7.05 Å². The molecule has 0 fully saturated rings. The molecule has 0 saturated heterocycles. The fraction of sp³-hybridized carbons (Fsp3) is 0.0909. The Morgan fingerprint density at radius 2 is 2.22 bits per heavy atom. The number of benzene rings is 1. The molecule has 2 rings (SSSR count). The monoisotopic (exact) mass is 283 g/mol. The van der Waals surface area contributed by atoms with Crippen LogP contribution >= 0.6 is 11.6 Å². The van der Waals surface area contributed by atoms with E-state index in [1.807, 2.05) is 0 Å². The topological polar surface area (TPSA) is 85.1 Å². The van der Waals surface area contributed by atoms with Gasteiger partial charge in [-0.1, -0.05) is 11.6 Å². The summed E-state index contributed by atoms with van der Waals surface area (Å²) in [5.41, 5.74) is 5.96. The number of amides is 1. The summed E-state index contributed by atoms with van der Waals surface area (Å²) in [4.78, 5) is 15.8. The quantitative estimate of drug-likeness (QED) is 0.888. The van der Waals surface area contributed by atoms with Crippen molar-refractivity contribution in [2.24, 2.45) is 5.73 Å². The molecule has 0 aliphatic carbocycles. The second-order valence-corrected chi connectivity index (χ2v) is 5.30. The molecule has 1 atom stereocenters. The zero-order chi connectivity index (χ0) is 13.3. The lowest BCUT2D eigenvalue weighted by atomic mass is 10.1. The van der Waals surface area contributed by atoms with Gasteiger partial charge in [0.2, 0.25) is 0 Å². The summed E-state index contributed by atoms with van der Waals surface area (Å²) in [6.45, 7) is 0. The van der Waals surface area contributed by atoms with E-state index in [9.17, 15) is 9.00 Å². The van der Waals surface area contributed by atoms with Gasteiger partial charge in [-0.25, -0.2) is 8.93 Å². The van der Waals surface area contributed by atoms with Gasteiger partial charge in [-0.2, -0.15) is 0 Å². The molecule has 5 nitrogen and oxygen atoms in total. The Balaban J connectivity index is 2.70. The smallest absolute Gasteiger partial charge is 0.251 e. The van der Waals surface area contributed by atoms with Gasteiger partial charge in [0.15, 0.2) is 0 Å². The molecule has 1 unspecified atom stereocenters. The molecule has 0 saturated carbocycles. The van der Waals surface area contributed by atoms with Crippen LogP contribution in [0.15, 0.2) is 29.3 Å². The number of hydrogen-bond acceptors (Lipinski definition) is 3. The fourth-order valence-electron chi connectivity index (χ4n) is 1.54. The molecule has 0 radical (unpaired) electrons. The Labute approximate surface area is 111 Å². The van der Waals surface area contributed by atoms with Crippen LogP contribution in [-0.4, -0.2) is 22.1 Å². The minimum atomic E-state index is -1.32. The van der Waals surface area contributed by atoms with Crippen molar-refractivity contribution in [1.82, 2.24) is 9.71 Å². The van der Waals surface area contributed by atoms with E-state index in [0.29, 0.717) is 15.8 Å². The number of nitrogens with one attached hydrogen (secondary N) is 1. The largest absolute Gasteiger partial charge is 0.366 e. The maximum Gasteiger partial charge on any atom is 0.251 e. The molecule has 0 aliphatic rings. The summed E-state index contributed by atoms with van der Waals surface area (Å²) >= 11 is 6.10. The molecule has 3 N–H and O–H groups in total. The van der Waals surface area contributed by atoms with Gasteiger partial charge in [-0.15, -0.1) is 0 Å². The van der Waals surface area contributed by atoms with Crippen molar-refractivity contribution in [2.45, 2.75) is 4.90 Å². The average Bonchev–Trinajstić information content (AvgIpc) is 2.37. The van der Waals surface area contributed by atoms with Crippen LogP contribution in [0.5, 0.6) is 0 Å². The van der Waals surface area contributed by atoms with Crippen LogP contribution in [0, 0.1) is 0 Å². The third-order valence-corrected chi connectivity index (χ3v) is 3.90. The molecule has 0 bridgehead atoms. The van der Waals surface area contributed by atoms with Gasteiger partial charge in [0, 0.05) is 11.6 Å². The number of pyridine rings is 1. The zero-order valence-corrected chi connectivity index (χ0v) is 11.0. The second kappa shape index (κ2) is 5.01. The van der Waals surface area contributed by atoms with Crippen LogP contribution in [0.25, 0.3) is 10.9 Å². The Hall–Kier alpha value is -1.50. The molecule has 0 aliphatic heterocycles. The van der Waals surface area contributed by atoms with Gasteiger partial charge in [-0.3, -0.25) is 9.78 Å². The predicted octanol–water partition coefficient (Wildman–Crippen LogP) is 1.23. The van der Waals surface area contributed by atoms with Crippen LogP contribution in [0.3, 0.4) is 0 Å². The lowest BCUT2D eigenvalue weighted by Gasteiger charge is -2.06. The number of carbonyl (C=O) groups excluding carboxylic acids is 1. The molecule has 7 heteroatoms. The van der Waals surface area contributed by atoms with Crippen molar-refractivity contribution >= 4 is 39.4 Å². The molecule has 0 spiro atoms. The van der Waals surface area contributed by atoms with E-state index in [4.69, 9.17) is 17.3 Å². The highest BCUT2D eigenvalue weighted by atomic mass is 35.5. The van der Waals surface area contributed by atoms with E-state index in [1.54, 1.807) is 25.2 Å². The van der Waals surface area contributed by atoms with E-state index in [2.05, 4.69) is 9.71 Å². The van der Waals surface area contributed by atoms with Crippen LogP contribution in [0.1, 0.15) is 10.4 Å². The highest BCUT2D eigenvalue weighted by Crippen LogP contribution is 2.27. The van der Waals surface area contributed by atoms with Crippen molar-refractivity contribution < 1.29 is 9.00 Å². The average molecular weight is 284 g/mol. The van der Waals surface area contributed by atoms with E-state index in [0.717, 1.165) is 0 Å². The van der Waals surface area contributed by atoms with Crippen LogP contribution in [0.2, 0.25) is 5.02 Å². The molecule has 94 valence electrons. The first kappa shape index (κ1) is 12.9. The Kier molecular flexibility index (Phi) is 3.60. The minimum Gasteiger partial charge on any atom is -0.366 e. The molecule has 1 aromatic heterocycles. The number of carbonyl (C=O) groups is 1. The molecule has 1 heterocycles. The van der Waals surface area contributed by atoms with Gasteiger partial charge in [-0.05, 0) is 25.2 Å². The Morgan fingerprint density at radius 1 is 1.50 bits per heavy atom. The number of nitrogens with zero attached hydrogens (tertiary/aromatic N) is 1. The van der Waals surface area contributed by atoms with Crippen LogP contribution in [-0.2, 0) is 11.0 Å². The van der Waals surface area contributed by atoms with Gasteiger partial charge in [0.25, 0.3) is 5.91 Å². The van der Waals surface area contributed by atoms with E-state index >= 15 is 0 Å². The van der Waals surface area contributed by atoms with Crippen LogP contribution < -0.4 is 10.5 Å². The summed E-state index contributed by atoms with van der Waals surface area (Å²) in [6.07, 6.45) is 1.34. The number of aromatic nitrogens is 1. The number of halogens is 1. The summed E-state index contributed by atoms with van der Waals surface area (Å²) < 4.78 is 14.3. The number of hydrogen-bond donors (Lipinski definition) is 2. The van der Waals surface area contributed by atoms with Crippen molar-refractivity contribution in [3.05, 3.63) is 35.0 Å². The van der Waals surface area contributed by atoms with Gasteiger partial charge >= 0.3 is 0 Å². The van der Waals surface area contributed by atoms with Gasteiger partial charge in [0.05, 0.1) is 21.0 Å². The van der Waals surface area contributed by atoms with Crippen LogP contribution in [0.4, 0.5) is 0 Å². The highest BCUT2D eigenvalue weighted by Gasteiger charge is 2.12. The number of primary amides is 1. The molecular weight excluding hydrogens is 274 g/mol. The molecule has 18 heavy (non-hydrogen) atoms. The summed E-state index contributed by atoms with van der Waals surface area (Å²) in [5, 5.41) is 0.775. The number of nitrogens with two attached hydrogens (primary N) is 1. The molecular formula is C11H10ClN3O2S. The molecule has 1 amide bonds. The predicted molar refractivity (Wildman–Crippen MR) is 70.7 cm³/mol. The SMILES string of the molecule is CNS(=O)c1ccc2ncc(C(N)=O)c(Cl)c2c1. The van der Waals surface area contributed by atoms with Crippen molar-refractivity contribution in [3.8, 4) is 0 Å². The third-order valence-electron chi connectivity index (χ3n) is 2.44. The number of rotatable bonds is 3. The molecule has 2 aromatic rings. The minimum absolute atomic E-state index is 0.150. The first-order valence-electron chi connectivity index (χ1n) is 5.02. The highest BCUT2D eigenvalue weighted by molar-refractivity contribution is 7.83. The van der Waals surface area contributed by atoms with Gasteiger partial charge < -0.3 is 5.73 Å². The van der Waals surface area contributed by atoms with E-state index in [1.165, 1.54) is 6.20 Å². The van der Waals surface area contributed by atoms with Crippen molar-refractivity contribution in [1.29, 1.82) is 0 Å². The maximum absolute atomic E-state index is 11.6. The standard InChI is InChI=1S/C11H10ClN3O2S/c1-14-18(17)6-2-3-9-7(4-6)10(12)8(5-15-9)11(13)16/h2-5,14H,1H3,(H2,13,16). The van der Waals surface area contributed by atoms with E-state index < -0.39 is 16.9 Å². The summed E-state index contributed by atoms with van der Waals surface area (Å²) in [6, 6.07) is 5.00. The summed E-state index contributed by atoms with van der Waals surface area (Å²) in [7, 11) is 0.259. The Bertz CT molecular complexity index is 660. The molecule has 1 aromatic carbocycles.